The molecule has 0 spiro atoms. The van der Waals surface area contributed by atoms with Gasteiger partial charge in [0.2, 0.25) is 0 Å². The molecule has 4 heteroatoms. The second kappa shape index (κ2) is 7.17. The van der Waals surface area contributed by atoms with Crippen LogP contribution in [0, 0.1) is 0 Å². The van der Waals surface area contributed by atoms with E-state index in [1.807, 2.05) is 6.92 Å². The molecule has 1 N–H and O–H groups in total. The van der Waals surface area contributed by atoms with Crippen LogP contribution in [-0.2, 0) is 14.2 Å². The topological polar surface area (TPSA) is 39.7 Å². The second-order valence-electron chi connectivity index (χ2n) is 4.16. The average molecular weight is 217 g/mol. The first-order chi connectivity index (χ1) is 7.26. The lowest BCUT2D eigenvalue weighted by atomic mass is 10.3. The zero-order valence-corrected chi connectivity index (χ0v) is 9.99. The van der Waals surface area contributed by atoms with E-state index in [4.69, 9.17) is 14.2 Å². The van der Waals surface area contributed by atoms with Crippen LogP contribution in [0.15, 0.2) is 0 Å². The Morgan fingerprint density at radius 3 is 2.40 bits per heavy atom. The summed E-state index contributed by atoms with van der Waals surface area (Å²) < 4.78 is 16.0. The Bertz CT molecular complexity index is 162. The van der Waals surface area contributed by atoms with Gasteiger partial charge in [-0.25, -0.2) is 0 Å². The van der Waals surface area contributed by atoms with Crippen LogP contribution in [0.25, 0.3) is 0 Å². The van der Waals surface area contributed by atoms with Gasteiger partial charge in [-0.3, -0.25) is 0 Å². The Balaban J connectivity index is 2.14. The van der Waals surface area contributed by atoms with E-state index in [0.717, 1.165) is 6.54 Å². The van der Waals surface area contributed by atoms with Crippen molar-refractivity contribution in [1.82, 2.24) is 5.32 Å². The Labute approximate surface area is 92.3 Å². The number of hydrogen-bond acceptors (Lipinski definition) is 4. The van der Waals surface area contributed by atoms with E-state index < -0.39 is 0 Å². The Hall–Kier alpha value is -0.160. The van der Waals surface area contributed by atoms with Crippen molar-refractivity contribution < 1.29 is 14.2 Å². The molecule has 0 heterocycles. The molecule has 90 valence electrons. The summed E-state index contributed by atoms with van der Waals surface area (Å²) in [6, 6.07) is 0.714. The number of nitrogens with one attached hydrogen (secondary N) is 1. The minimum Gasteiger partial charge on any atom is -0.382 e. The van der Waals surface area contributed by atoms with Gasteiger partial charge in [-0.1, -0.05) is 0 Å². The fourth-order valence-electron chi connectivity index (χ4n) is 1.52. The van der Waals surface area contributed by atoms with Gasteiger partial charge < -0.3 is 19.5 Å². The minimum absolute atomic E-state index is 0.121. The molecule has 0 aromatic heterocycles. The van der Waals surface area contributed by atoms with Gasteiger partial charge in [0.25, 0.3) is 0 Å². The van der Waals surface area contributed by atoms with Crippen LogP contribution in [0.3, 0.4) is 0 Å². The first kappa shape index (κ1) is 12.9. The van der Waals surface area contributed by atoms with Gasteiger partial charge in [0, 0.05) is 26.8 Å². The lowest BCUT2D eigenvalue weighted by Crippen LogP contribution is -2.36. The van der Waals surface area contributed by atoms with E-state index in [1.54, 1.807) is 14.2 Å². The summed E-state index contributed by atoms with van der Waals surface area (Å²) in [5.41, 5.74) is 0. The summed E-state index contributed by atoms with van der Waals surface area (Å²) >= 11 is 0. The third-order valence-corrected chi connectivity index (χ3v) is 2.39. The standard InChI is InChI=1S/C11H23NO3/c1-9(7-13-2)15-11(8-14-3)6-12-10-4-5-10/h9-12H,4-8H2,1-3H3. The largest absolute Gasteiger partial charge is 0.382 e. The molecule has 0 aromatic rings. The highest BCUT2D eigenvalue weighted by Gasteiger charge is 2.22. The molecular weight excluding hydrogens is 194 g/mol. The summed E-state index contributed by atoms with van der Waals surface area (Å²) in [6.07, 6.45) is 2.85. The van der Waals surface area contributed by atoms with E-state index >= 15 is 0 Å². The van der Waals surface area contributed by atoms with Gasteiger partial charge in [0.05, 0.1) is 25.4 Å². The molecule has 1 aliphatic carbocycles. The van der Waals surface area contributed by atoms with Crippen LogP contribution < -0.4 is 5.32 Å². The Morgan fingerprint density at radius 1 is 1.20 bits per heavy atom. The summed E-state index contributed by atoms with van der Waals surface area (Å²) in [7, 11) is 3.39. The van der Waals surface area contributed by atoms with E-state index in [-0.39, 0.29) is 12.2 Å². The third kappa shape index (κ3) is 6.10. The lowest BCUT2D eigenvalue weighted by Gasteiger charge is -2.22. The fourth-order valence-corrected chi connectivity index (χ4v) is 1.52. The van der Waals surface area contributed by atoms with Gasteiger partial charge in [-0.05, 0) is 19.8 Å². The maximum atomic E-state index is 5.80. The number of rotatable bonds is 9. The molecule has 0 amide bonds. The molecule has 1 aliphatic rings. The van der Waals surface area contributed by atoms with Gasteiger partial charge in [0.15, 0.2) is 0 Å². The summed E-state index contributed by atoms with van der Waals surface area (Å²) in [5.74, 6) is 0. The van der Waals surface area contributed by atoms with Crippen molar-refractivity contribution >= 4 is 0 Å². The van der Waals surface area contributed by atoms with Crippen LogP contribution in [0.2, 0.25) is 0 Å². The smallest absolute Gasteiger partial charge is 0.0937 e. The predicted molar refractivity (Wildman–Crippen MR) is 59.1 cm³/mol. The molecule has 4 nitrogen and oxygen atoms in total. The van der Waals surface area contributed by atoms with Crippen LogP contribution in [0.5, 0.6) is 0 Å². The highest BCUT2D eigenvalue weighted by atomic mass is 16.6. The van der Waals surface area contributed by atoms with Crippen molar-refractivity contribution in [3.8, 4) is 0 Å². The van der Waals surface area contributed by atoms with Crippen molar-refractivity contribution in [2.45, 2.75) is 38.0 Å². The van der Waals surface area contributed by atoms with Crippen LogP contribution in [0.1, 0.15) is 19.8 Å². The van der Waals surface area contributed by atoms with Crippen LogP contribution in [0.4, 0.5) is 0 Å². The van der Waals surface area contributed by atoms with E-state index in [9.17, 15) is 0 Å². The molecule has 2 atom stereocenters. The molecule has 2 unspecified atom stereocenters. The molecule has 15 heavy (non-hydrogen) atoms. The molecule has 0 bridgehead atoms. The number of hydrogen-bond donors (Lipinski definition) is 1. The number of methoxy groups -OCH3 is 2. The number of ether oxygens (including phenoxy) is 3. The van der Waals surface area contributed by atoms with E-state index in [0.29, 0.717) is 19.3 Å². The van der Waals surface area contributed by atoms with E-state index in [2.05, 4.69) is 5.32 Å². The predicted octanol–water partition coefficient (Wildman–Crippen LogP) is 0.805. The lowest BCUT2D eigenvalue weighted by molar-refractivity contribution is -0.0642. The first-order valence-electron chi connectivity index (χ1n) is 5.63. The van der Waals surface area contributed by atoms with Crippen molar-refractivity contribution in [3.63, 3.8) is 0 Å². The molecule has 0 saturated heterocycles. The van der Waals surface area contributed by atoms with Crippen molar-refractivity contribution in [1.29, 1.82) is 0 Å². The normalized spacial score (nSPS) is 20.2. The molecule has 0 aliphatic heterocycles. The van der Waals surface area contributed by atoms with Crippen molar-refractivity contribution in [2.24, 2.45) is 0 Å². The van der Waals surface area contributed by atoms with Crippen LogP contribution in [-0.4, -0.2) is 52.2 Å². The molecule has 0 radical (unpaired) electrons. The summed E-state index contributed by atoms with van der Waals surface area (Å²) in [6.45, 7) is 4.15. The first-order valence-corrected chi connectivity index (χ1v) is 5.63. The quantitative estimate of drug-likeness (QED) is 0.620. The monoisotopic (exact) mass is 217 g/mol. The Morgan fingerprint density at radius 2 is 1.87 bits per heavy atom. The zero-order chi connectivity index (χ0) is 11.1. The maximum absolute atomic E-state index is 5.80. The average Bonchev–Trinajstić information content (AvgIpc) is 2.98. The summed E-state index contributed by atoms with van der Waals surface area (Å²) in [5, 5.41) is 3.44. The highest BCUT2D eigenvalue weighted by Crippen LogP contribution is 2.18. The van der Waals surface area contributed by atoms with Crippen molar-refractivity contribution in [2.75, 3.05) is 34.0 Å². The minimum atomic E-state index is 0.121. The summed E-state index contributed by atoms with van der Waals surface area (Å²) in [4.78, 5) is 0. The maximum Gasteiger partial charge on any atom is 0.0937 e. The van der Waals surface area contributed by atoms with Gasteiger partial charge in [0.1, 0.15) is 0 Å². The van der Waals surface area contributed by atoms with Gasteiger partial charge in [-0.15, -0.1) is 0 Å². The molecule has 0 aromatic carbocycles. The zero-order valence-electron chi connectivity index (χ0n) is 9.99. The fraction of sp³-hybridized carbons (Fsp3) is 1.00. The third-order valence-electron chi connectivity index (χ3n) is 2.39. The molecular formula is C11H23NO3. The van der Waals surface area contributed by atoms with Gasteiger partial charge >= 0.3 is 0 Å². The SMILES string of the molecule is COCC(C)OC(CNC1CC1)COC. The second-order valence-corrected chi connectivity index (χ2v) is 4.16. The Kier molecular flexibility index (Phi) is 6.17. The van der Waals surface area contributed by atoms with E-state index in [1.165, 1.54) is 12.8 Å². The van der Waals surface area contributed by atoms with Crippen molar-refractivity contribution in [3.05, 3.63) is 0 Å². The molecule has 1 fully saturated rings. The molecule has 1 saturated carbocycles. The molecule has 1 rings (SSSR count). The highest BCUT2D eigenvalue weighted by molar-refractivity contribution is 4.82. The van der Waals surface area contributed by atoms with Crippen LogP contribution >= 0.6 is 0 Å². The van der Waals surface area contributed by atoms with Gasteiger partial charge in [-0.2, -0.15) is 0 Å².